The maximum atomic E-state index is 9.16. The summed E-state index contributed by atoms with van der Waals surface area (Å²) in [6.07, 6.45) is 6.17. The summed E-state index contributed by atoms with van der Waals surface area (Å²) in [7, 11) is 0. The molecule has 0 spiro atoms. The number of halogens is 1. The zero-order valence-corrected chi connectivity index (χ0v) is 10.4. The summed E-state index contributed by atoms with van der Waals surface area (Å²) in [5, 5.41) is 9.35. The number of nitrogens with zero attached hydrogens (tertiary/aromatic N) is 3. The Bertz CT molecular complexity index is 382. The van der Waals surface area contributed by atoms with Crippen molar-refractivity contribution in [2.45, 2.75) is 31.7 Å². The number of rotatable bonds is 4. The molecule has 1 fully saturated rings. The molecule has 17 heavy (non-hydrogen) atoms. The van der Waals surface area contributed by atoms with Crippen LogP contribution in [0.3, 0.4) is 0 Å². The molecule has 1 aliphatic carbocycles. The third-order valence-electron chi connectivity index (χ3n) is 3.14. The maximum absolute atomic E-state index is 9.16. The molecule has 1 aliphatic rings. The van der Waals surface area contributed by atoms with Crippen LogP contribution < -0.4 is 10.6 Å². The van der Waals surface area contributed by atoms with E-state index in [0.717, 1.165) is 12.8 Å². The summed E-state index contributed by atoms with van der Waals surface area (Å²) in [5.41, 5.74) is 6.39. The minimum Gasteiger partial charge on any atom is -0.395 e. The van der Waals surface area contributed by atoms with Crippen molar-refractivity contribution in [3.05, 3.63) is 11.5 Å². The van der Waals surface area contributed by atoms with E-state index in [4.69, 9.17) is 22.4 Å². The fraction of sp³-hybridized carbons (Fsp3) is 0.636. The monoisotopic (exact) mass is 256 g/mol. The summed E-state index contributed by atoms with van der Waals surface area (Å²) in [6, 6.07) is 0.399. The molecule has 0 aromatic carbocycles. The second-order valence-corrected chi connectivity index (χ2v) is 4.61. The van der Waals surface area contributed by atoms with Crippen molar-refractivity contribution in [2.75, 3.05) is 23.8 Å². The average molecular weight is 257 g/mol. The van der Waals surface area contributed by atoms with E-state index in [9.17, 15) is 0 Å². The Kier molecular flexibility index (Phi) is 4.02. The lowest BCUT2D eigenvalue weighted by atomic mass is 10.2. The number of aliphatic hydroxyl groups is 1. The lowest BCUT2D eigenvalue weighted by molar-refractivity contribution is 0.297. The van der Waals surface area contributed by atoms with Gasteiger partial charge in [0.2, 0.25) is 5.28 Å². The second kappa shape index (κ2) is 5.51. The molecular formula is C11H17ClN4O. The van der Waals surface area contributed by atoms with Crippen LogP contribution in [0.25, 0.3) is 0 Å². The van der Waals surface area contributed by atoms with Crippen LogP contribution in [0.15, 0.2) is 6.20 Å². The van der Waals surface area contributed by atoms with Gasteiger partial charge in [-0.05, 0) is 24.4 Å². The van der Waals surface area contributed by atoms with Crippen LogP contribution in [0.2, 0.25) is 5.28 Å². The highest BCUT2D eigenvalue weighted by atomic mass is 35.5. The van der Waals surface area contributed by atoms with Gasteiger partial charge in [-0.1, -0.05) is 12.8 Å². The van der Waals surface area contributed by atoms with E-state index < -0.39 is 0 Å². The van der Waals surface area contributed by atoms with Gasteiger partial charge in [0.25, 0.3) is 0 Å². The third kappa shape index (κ3) is 2.79. The normalized spacial score (nSPS) is 16.4. The number of hydrogen-bond donors (Lipinski definition) is 2. The van der Waals surface area contributed by atoms with Crippen LogP contribution in [0, 0.1) is 0 Å². The van der Waals surface area contributed by atoms with Crippen LogP contribution in [0.1, 0.15) is 25.7 Å². The lowest BCUT2D eigenvalue weighted by Crippen LogP contribution is -2.37. The second-order valence-electron chi connectivity index (χ2n) is 4.27. The molecule has 0 radical (unpaired) electrons. The van der Waals surface area contributed by atoms with Crippen molar-refractivity contribution in [3.63, 3.8) is 0 Å². The molecule has 0 bridgehead atoms. The molecule has 3 N–H and O–H groups in total. The topological polar surface area (TPSA) is 75.3 Å². The summed E-state index contributed by atoms with van der Waals surface area (Å²) in [5.74, 6) is 0.644. The fourth-order valence-corrected chi connectivity index (χ4v) is 2.51. The molecule has 1 aromatic heterocycles. The summed E-state index contributed by atoms with van der Waals surface area (Å²) >= 11 is 5.80. The summed E-state index contributed by atoms with van der Waals surface area (Å²) in [4.78, 5) is 10.1. The first-order valence-electron chi connectivity index (χ1n) is 5.88. The smallest absolute Gasteiger partial charge is 0.224 e. The zero-order valence-electron chi connectivity index (χ0n) is 9.64. The predicted molar refractivity (Wildman–Crippen MR) is 68.1 cm³/mol. The number of nitrogen functional groups attached to an aromatic ring is 1. The first-order valence-corrected chi connectivity index (χ1v) is 6.25. The van der Waals surface area contributed by atoms with E-state index in [2.05, 4.69) is 14.9 Å². The molecule has 0 atom stereocenters. The Labute approximate surface area is 106 Å². The highest BCUT2D eigenvalue weighted by molar-refractivity contribution is 6.28. The number of aromatic nitrogens is 2. The molecule has 5 nitrogen and oxygen atoms in total. The van der Waals surface area contributed by atoms with Gasteiger partial charge in [0.15, 0.2) is 5.82 Å². The van der Waals surface area contributed by atoms with Crippen molar-refractivity contribution in [1.82, 2.24) is 9.97 Å². The van der Waals surface area contributed by atoms with E-state index in [1.807, 2.05) is 0 Å². The molecule has 1 aromatic rings. The van der Waals surface area contributed by atoms with Gasteiger partial charge in [0, 0.05) is 12.6 Å². The van der Waals surface area contributed by atoms with Crippen molar-refractivity contribution in [2.24, 2.45) is 0 Å². The first kappa shape index (κ1) is 12.4. The number of hydrogen-bond acceptors (Lipinski definition) is 5. The van der Waals surface area contributed by atoms with E-state index in [0.29, 0.717) is 24.1 Å². The Morgan fingerprint density at radius 2 is 2.18 bits per heavy atom. The van der Waals surface area contributed by atoms with Crippen molar-refractivity contribution >= 4 is 23.1 Å². The van der Waals surface area contributed by atoms with E-state index in [1.165, 1.54) is 19.0 Å². The third-order valence-corrected chi connectivity index (χ3v) is 3.33. The number of anilines is 2. The maximum Gasteiger partial charge on any atom is 0.224 e. The Hall–Kier alpha value is -1.07. The molecule has 2 rings (SSSR count). The van der Waals surface area contributed by atoms with E-state index in [-0.39, 0.29) is 11.9 Å². The van der Waals surface area contributed by atoms with Gasteiger partial charge in [-0.15, -0.1) is 0 Å². The van der Waals surface area contributed by atoms with Crippen LogP contribution in [-0.2, 0) is 0 Å². The van der Waals surface area contributed by atoms with Gasteiger partial charge < -0.3 is 15.7 Å². The first-order chi connectivity index (χ1) is 8.22. The molecule has 1 heterocycles. The largest absolute Gasteiger partial charge is 0.395 e. The molecule has 6 heteroatoms. The van der Waals surface area contributed by atoms with E-state index >= 15 is 0 Å². The van der Waals surface area contributed by atoms with Crippen molar-refractivity contribution < 1.29 is 5.11 Å². The predicted octanol–water partition coefficient (Wildman–Crippen LogP) is 1.45. The van der Waals surface area contributed by atoms with Crippen LogP contribution >= 0.6 is 11.6 Å². The number of nitrogens with two attached hydrogens (primary N) is 1. The van der Waals surface area contributed by atoms with Gasteiger partial charge >= 0.3 is 0 Å². The SMILES string of the molecule is Nc1cnc(Cl)nc1N(CCO)C1CCCC1. The summed E-state index contributed by atoms with van der Waals surface area (Å²) in [6.45, 7) is 0.611. The zero-order chi connectivity index (χ0) is 12.3. The average Bonchev–Trinajstić information content (AvgIpc) is 2.83. The molecular weight excluding hydrogens is 240 g/mol. The highest BCUT2D eigenvalue weighted by Gasteiger charge is 2.25. The lowest BCUT2D eigenvalue weighted by Gasteiger charge is -2.30. The number of aliphatic hydroxyl groups excluding tert-OH is 1. The molecule has 0 amide bonds. The van der Waals surface area contributed by atoms with Gasteiger partial charge in [-0.2, -0.15) is 4.98 Å². The Morgan fingerprint density at radius 3 is 2.82 bits per heavy atom. The quantitative estimate of drug-likeness (QED) is 0.798. The Balaban J connectivity index is 2.27. The van der Waals surface area contributed by atoms with Crippen molar-refractivity contribution in [3.8, 4) is 0 Å². The van der Waals surface area contributed by atoms with Crippen LogP contribution in [0.4, 0.5) is 11.5 Å². The Morgan fingerprint density at radius 1 is 1.47 bits per heavy atom. The molecule has 0 unspecified atom stereocenters. The van der Waals surface area contributed by atoms with Crippen LogP contribution in [-0.4, -0.2) is 34.3 Å². The fourth-order valence-electron chi connectivity index (χ4n) is 2.38. The highest BCUT2D eigenvalue weighted by Crippen LogP contribution is 2.30. The van der Waals surface area contributed by atoms with Gasteiger partial charge in [0.05, 0.1) is 18.5 Å². The van der Waals surface area contributed by atoms with Gasteiger partial charge in [-0.3, -0.25) is 0 Å². The molecule has 94 valence electrons. The van der Waals surface area contributed by atoms with Gasteiger partial charge in [-0.25, -0.2) is 4.98 Å². The van der Waals surface area contributed by atoms with Crippen molar-refractivity contribution in [1.29, 1.82) is 0 Å². The van der Waals surface area contributed by atoms with Crippen LogP contribution in [0.5, 0.6) is 0 Å². The molecule has 0 saturated heterocycles. The van der Waals surface area contributed by atoms with Gasteiger partial charge in [0.1, 0.15) is 0 Å². The van der Waals surface area contributed by atoms with E-state index in [1.54, 1.807) is 0 Å². The molecule has 0 aliphatic heterocycles. The summed E-state index contributed by atoms with van der Waals surface area (Å²) < 4.78 is 0. The minimum atomic E-state index is 0.0809. The minimum absolute atomic E-state index is 0.0809. The molecule has 1 saturated carbocycles. The standard InChI is InChI=1S/C11H17ClN4O/c12-11-14-7-9(13)10(15-11)16(5-6-17)8-3-1-2-4-8/h7-8,17H,1-6,13H2.